The Bertz CT molecular complexity index is 1530. The summed E-state index contributed by atoms with van der Waals surface area (Å²) in [7, 11) is 0. The predicted molar refractivity (Wildman–Crippen MR) is 135 cm³/mol. The molecule has 2 aliphatic heterocycles. The van der Waals surface area contributed by atoms with E-state index in [9.17, 15) is 18.0 Å². The van der Waals surface area contributed by atoms with Gasteiger partial charge in [0.2, 0.25) is 0 Å². The number of hydrogen-bond acceptors (Lipinski definition) is 4. The zero-order chi connectivity index (χ0) is 26.8. The van der Waals surface area contributed by atoms with Gasteiger partial charge in [0.25, 0.3) is 0 Å². The maximum Gasteiger partial charge on any atom is 0.435 e. The zero-order valence-corrected chi connectivity index (χ0v) is 21.4. The first-order chi connectivity index (χ1) is 18.1. The van der Waals surface area contributed by atoms with Crippen molar-refractivity contribution in [3.05, 3.63) is 42.0 Å². The van der Waals surface area contributed by atoms with Crippen LogP contribution in [-0.2, 0) is 18.1 Å². The number of urea groups is 1. The minimum Gasteiger partial charge on any atom is -0.345 e. The molecule has 4 aromatic heterocycles. The van der Waals surface area contributed by atoms with Crippen LogP contribution in [0.2, 0.25) is 0 Å². The van der Waals surface area contributed by atoms with E-state index in [1.54, 1.807) is 26.2 Å². The molecule has 0 radical (unpaired) electrons. The molecule has 0 saturated carbocycles. The average Bonchev–Trinajstić information content (AvgIpc) is 3.67. The van der Waals surface area contributed by atoms with Gasteiger partial charge in [-0.2, -0.15) is 23.4 Å². The molecule has 2 amide bonds. The van der Waals surface area contributed by atoms with Gasteiger partial charge in [-0.25, -0.2) is 9.78 Å². The summed E-state index contributed by atoms with van der Waals surface area (Å²) in [6.45, 7) is 8.24. The molecule has 0 bridgehead atoms. The number of carbonyl (C=O) groups excluding carboxylic acids is 1. The number of nitrogens with one attached hydrogen (secondary N) is 2. The van der Waals surface area contributed by atoms with Gasteiger partial charge in [-0.15, -0.1) is 0 Å². The van der Waals surface area contributed by atoms with Crippen molar-refractivity contribution in [1.82, 2.24) is 39.7 Å². The second-order valence-electron chi connectivity index (χ2n) is 10.4. The molecule has 1 fully saturated rings. The summed E-state index contributed by atoms with van der Waals surface area (Å²) in [4.78, 5) is 21.9. The van der Waals surface area contributed by atoms with Crippen LogP contribution >= 0.6 is 0 Å². The minimum absolute atomic E-state index is 0.0356. The molecule has 4 aromatic rings. The van der Waals surface area contributed by atoms with E-state index < -0.39 is 11.9 Å². The van der Waals surface area contributed by atoms with Crippen molar-refractivity contribution >= 4 is 17.1 Å². The van der Waals surface area contributed by atoms with Crippen LogP contribution < -0.4 is 5.32 Å². The van der Waals surface area contributed by atoms with Crippen molar-refractivity contribution in [1.29, 1.82) is 0 Å². The predicted octanol–water partition coefficient (Wildman–Crippen LogP) is 4.97. The number of alkyl halides is 3. The molecule has 9 nitrogen and oxygen atoms in total. The normalized spacial score (nSPS) is 19.3. The number of likely N-dealkylation sites (tertiary alicyclic amines) is 1. The molecule has 2 N–H and O–H groups in total. The summed E-state index contributed by atoms with van der Waals surface area (Å²) in [5, 5.41) is 12.3. The summed E-state index contributed by atoms with van der Waals surface area (Å²) in [6.07, 6.45) is 0.684. The van der Waals surface area contributed by atoms with Gasteiger partial charge in [0.15, 0.2) is 5.69 Å². The third kappa shape index (κ3) is 3.84. The number of rotatable bonds is 4. The van der Waals surface area contributed by atoms with Crippen molar-refractivity contribution in [2.24, 2.45) is 0 Å². The minimum atomic E-state index is -4.54. The van der Waals surface area contributed by atoms with Crippen LogP contribution in [0, 0.1) is 0 Å². The van der Waals surface area contributed by atoms with Crippen molar-refractivity contribution < 1.29 is 18.0 Å². The van der Waals surface area contributed by atoms with Crippen LogP contribution in [0.4, 0.5) is 18.0 Å². The Hall–Kier alpha value is -3.83. The fraction of sp³-hybridized carbons (Fsp3) is 0.462. The molecule has 1 spiro atoms. The van der Waals surface area contributed by atoms with Crippen molar-refractivity contribution in [3.8, 4) is 22.5 Å². The largest absolute Gasteiger partial charge is 0.435 e. The van der Waals surface area contributed by atoms with E-state index >= 15 is 0 Å². The topological polar surface area (TPSA) is 96.7 Å². The van der Waals surface area contributed by atoms with Gasteiger partial charge in [-0.05, 0) is 51.8 Å². The third-order valence-electron chi connectivity index (χ3n) is 7.71. The maximum atomic E-state index is 13.5. The van der Waals surface area contributed by atoms with E-state index in [1.807, 2.05) is 22.6 Å². The Morgan fingerprint density at radius 3 is 2.71 bits per heavy atom. The van der Waals surface area contributed by atoms with Crippen LogP contribution in [-0.4, -0.2) is 60.1 Å². The molecule has 6 rings (SSSR count). The lowest BCUT2D eigenvalue weighted by molar-refractivity contribution is -0.141. The smallest absolute Gasteiger partial charge is 0.345 e. The highest BCUT2D eigenvalue weighted by molar-refractivity contribution is 5.95. The highest BCUT2D eigenvalue weighted by atomic mass is 19.4. The van der Waals surface area contributed by atoms with Gasteiger partial charge in [-0.3, -0.25) is 9.36 Å². The van der Waals surface area contributed by atoms with E-state index in [0.29, 0.717) is 41.9 Å². The van der Waals surface area contributed by atoms with Crippen molar-refractivity contribution in [3.63, 3.8) is 0 Å². The lowest BCUT2D eigenvalue weighted by atomic mass is 9.82. The van der Waals surface area contributed by atoms with E-state index in [-0.39, 0.29) is 17.5 Å². The summed E-state index contributed by atoms with van der Waals surface area (Å²) in [5.41, 5.74) is 3.15. The monoisotopic (exact) mass is 526 g/mol. The third-order valence-corrected chi connectivity index (χ3v) is 7.71. The number of carbonyl (C=O) groups is 1. The standard InChI is InChI=1S/C26H29F3N8O/c1-4-30-24(38)35-7-5-25(14-35)6-8-36-22(25)10-19(33-36)16-9-17-18(13-32-23(17)31-12-16)20-11-21(26(27,28)29)34-37(20)15(2)3/h9-13,15H,4-8,14H2,1-3H3,(H,30,38)(H,31,32). The van der Waals surface area contributed by atoms with Crippen LogP contribution in [0.1, 0.15) is 51.0 Å². The number of nitrogens with zero attached hydrogens (tertiary/aromatic N) is 6. The van der Waals surface area contributed by atoms with Crippen molar-refractivity contribution in [2.45, 2.75) is 57.8 Å². The first kappa shape index (κ1) is 24.5. The molecule has 0 aromatic carbocycles. The number of fused-ring (bicyclic) bond motifs is 3. The SMILES string of the molecule is CCNC(=O)N1CCC2(CCn3nc(-c4cnc5[nH]cc(-c6cc(C(F)(F)F)nn6C(C)C)c5c4)cc32)C1. The second-order valence-corrected chi connectivity index (χ2v) is 10.4. The lowest BCUT2D eigenvalue weighted by Crippen LogP contribution is -2.40. The van der Waals surface area contributed by atoms with Gasteiger partial charge < -0.3 is 15.2 Å². The van der Waals surface area contributed by atoms with Crippen LogP contribution in [0.3, 0.4) is 0 Å². The quantitative estimate of drug-likeness (QED) is 0.393. The molecular formula is C26H29F3N8O. The highest BCUT2D eigenvalue weighted by Crippen LogP contribution is 2.44. The molecule has 38 heavy (non-hydrogen) atoms. The molecule has 0 aliphatic carbocycles. The molecule has 1 unspecified atom stereocenters. The van der Waals surface area contributed by atoms with Gasteiger partial charge in [0.1, 0.15) is 5.65 Å². The van der Waals surface area contributed by atoms with Crippen molar-refractivity contribution in [2.75, 3.05) is 19.6 Å². The fourth-order valence-corrected chi connectivity index (χ4v) is 5.81. The summed E-state index contributed by atoms with van der Waals surface area (Å²) in [5.74, 6) is 0. The van der Waals surface area contributed by atoms with Gasteiger partial charge >= 0.3 is 12.2 Å². The Morgan fingerprint density at radius 2 is 1.97 bits per heavy atom. The summed E-state index contributed by atoms with van der Waals surface area (Å²) >= 11 is 0. The number of H-pyrrole nitrogens is 1. The summed E-state index contributed by atoms with van der Waals surface area (Å²) in [6, 6.07) is 4.78. The molecule has 1 saturated heterocycles. The molecule has 12 heteroatoms. The van der Waals surface area contributed by atoms with Crippen LogP contribution in [0.5, 0.6) is 0 Å². The van der Waals surface area contributed by atoms with E-state index in [4.69, 9.17) is 5.10 Å². The molecule has 1 atom stereocenters. The Balaban J connectivity index is 1.37. The lowest BCUT2D eigenvalue weighted by Gasteiger charge is -2.23. The van der Waals surface area contributed by atoms with Crippen LogP contribution in [0.15, 0.2) is 30.6 Å². The van der Waals surface area contributed by atoms with E-state index in [0.717, 1.165) is 42.4 Å². The second kappa shape index (κ2) is 8.60. The van der Waals surface area contributed by atoms with Gasteiger partial charge in [-0.1, -0.05) is 0 Å². The first-order valence-corrected chi connectivity index (χ1v) is 12.9. The highest BCUT2D eigenvalue weighted by Gasteiger charge is 2.47. The van der Waals surface area contributed by atoms with E-state index in [1.165, 1.54) is 4.68 Å². The number of aromatic amines is 1. The Kier molecular flexibility index (Phi) is 5.55. The number of pyridine rings is 1. The molecule has 2 aliphatic rings. The number of amides is 2. The number of aryl methyl sites for hydroxylation is 1. The zero-order valence-electron chi connectivity index (χ0n) is 21.4. The average molecular weight is 527 g/mol. The maximum absolute atomic E-state index is 13.5. The van der Waals surface area contributed by atoms with Gasteiger partial charge in [0, 0.05) is 72.2 Å². The molecule has 200 valence electrons. The van der Waals surface area contributed by atoms with Gasteiger partial charge in [0.05, 0.1) is 11.4 Å². The van der Waals surface area contributed by atoms with Crippen LogP contribution in [0.25, 0.3) is 33.5 Å². The summed E-state index contributed by atoms with van der Waals surface area (Å²) < 4.78 is 43.8. The fourth-order valence-electron chi connectivity index (χ4n) is 5.81. The molecule has 6 heterocycles. The number of halogens is 3. The first-order valence-electron chi connectivity index (χ1n) is 12.9. The van der Waals surface area contributed by atoms with E-state index in [2.05, 4.69) is 26.4 Å². The Labute approximate surface area is 217 Å². The number of hydrogen-bond donors (Lipinski definition) is 2. The molecular weight excluding hydrogens is 497 g/mol. The number of aromatic nitrogens is 6. The Morgan fingerprint density at radius 1 is 1.18 bits per heavy atom.